The average Bonchev–Trinajstić information content (AvgIpc) is 2.25. The number of carbonyl (C=O) groups is 1. The fourth-order valence-corrected chi connectivity index (χ4v) is 1.89. The van der Waals surface area contributed by atoms with Crippen molar-refractivity contribution >= 4 is 11.5 Å². The van der Waals surface area contributed by atoms with Crippen molar-refractivity contribution in [2.24, 2.45) is 0 Å². The van der Waals surface area contributed by atoms with Crippen LogP contribution in [0.3, 0.4) is 0 Å². The highest BCUT2D eigenvalue weighted by atomic mass is 16.1. The molecule has 0 atom stereocenters. The summed E-state index contributed by atoms with van der Waals surface area (Å²) < 4.78 is 0. The Kier molecular flexibility index (Phi) is 4.41. The number of rotatable bonds is 5. The lowest BCUT2D eigenvalue weighted by Crippen LogP contribution is -2.07. The molecule has 2 heteroatoms. The second kappa shape index (κ2) is 5.59. The first-order valence-electron chi connectivity index (χ1n) is 5.76. The number of nitrogens with one attached hydrogen (secondary N) is 1. The van der Waals surface area contributed by atoms with E-state index >= 15 is 0 Å². The number of carbonyl (C=O) groups excluding carboxylic acids is 1. The molecule has 0 fully saturated rings. The topological polar surface area (TPSA) is 40.9 Å². The minimum Gasteiger partial charge on any atom is -0.305 e. The second-order valence-electron chi connectivity index (χ2n) is 4.12. The lowest BCUT2D eigenvalue weighted by Gasteiger charge is -2.12. The summed E-state index contributed by atoms with van der Waals surface area (Å²) in [5, 5.41) is 7.74. The van der Waals surface area contributed by atoms with E-state index in [2.05, 4.69) is 6.92 Å². The summed E-state index contributed by atoms with van der Waals surface area (Å²) in [6.07, 6.45) is 3.05. The molecule has 1 rings (SSSR count). The van der Waals surface area contributed by atoms with E-state index in [-0.39, 0.29) is 5.78 Å². The molecule has 0 saturated carbocycles. The molecule has 16 heavy (non-hydrogen) atoms. The smallest absolute Gasteiger partial charge is 0.160 e. The van der Waals surface area contributed by atoms with Gasteiger partial charge in [-0.2, -0.15) is 0 Å². The van der Waals surface area contributed by atoms with E-state index in [1.165, 1.54) is 0 Å². The molecule has 0 spiro atoms. The van der Waals surface area contributed by atoms with E-state index < -0.39 is 0 Å². The van der Waals surface area contributed by atoms with E-state index in [4.69, 9.17) is 5.41 Å². The van der Waals surface area contributed by atoms with Crippen LogP contribution in [-0.2, 0) is 6.42 Å². The van der Waals surface area contributed by atoms with E-state index in [9.17, 15) is 4.79 Å². The van der Waals surface area contributed by atoms with Crippen molar-refractivity contribution in [1.29, 1.82) is 5.41 Å². The molecule has 0 heterocycles. The minimum atomic E-state index is 0.0919. The number of ketones is 1. The Bertz CT molecular complexity index is 375. The highest BCUT2D eigenvalue weighted by Gasteiger charge is 2.12. The molecule has 0 unspecified atom stereocenters. The Hall–Kier alpha value is -1.44. The summed E-state index contributed by atoms with van der Waals surface area (Å²) >= 11 is 0. The Morgan fingerprint density at radius 1 is 1.25 bits per heavy atom. The molecule has 1 N–H and O–H groups in total. The van der Waals surface area contributed by atoms with Crippen molar-refractivity contribution in [2.45, 2.75) is 40.0 Å². The van der Waals surface area contributed by atoms with Crippen molar-refractivity contribution in [3.63, 3.8) is 0 Å². The zero-order valence-electron chi connectivity index (χ0n) is 10.3. The predicted molar refractivity (Wildman–Crippen MR) is 67.6 cm³/mol. The van der Waals surface area contributed by atoms with Crippen LogP contribution in [0.25, 0.3) is 0 Å². The number of Topliss-reactive ketones (excluding diaryl/α,β-unsaturated/α-hetero) is 1. The molecule has 0 saturated heterocycles. The van der Waals surface area contributed by atoms with Crippen LogP contribution >= 0.6 is 0 Å². The standard InChI is InChI=1S/C14H19NO/c1-4-5-7-14-12(10(2)15)8-6-9-13(14)11(3)16/h6,8-9,15H,4-5,7H2,1-3H3. The van der Waals surface area contributed by atoms with Gasteiger partial charge in [-0.25, -0.2) is 0 Å². The molecule has 0 aliphatic carbocycles. The predicted octanol–water partition coefficient (Wildman–Crippen LogP) is 3.62. The van der Waals surface area contributed by atoms with Crippen LogP contribution in [0.15, 0.2) is 18.2 Å². The first kappa shape index (κ1) is 12.6. The maximum Gasteiger partial charge on any atom is 0.160 e. The normalized spacial score (nSPS) is 10.2. The lowest BCUT2D eigenvalue weighted by molar-refractivity contribution is 0.101. The molecular formula is C14H19NO. The van der Waals surface area contributed by atoms with Gasteiger partial charge < -0.3 is 5.41 Å². The van der Waals surface area contributed by atoms with Crippen molar-refractivity contribution in [3.8, 4) is 0 Å². The zero-order valence-corrected chi connectivity index (χ0v) is 10.3. The summed E-state index contributed by atoms with van der Waals surface area (Å²) in [6, 6.07) is 5.65. The summed E-state index contributed by atoms with van der Waals surface area (Å²) in [5.41, 5.74) is 3.28. The van der Waals surface area contributed by atoms with Gasteiger partial charge in [0.15, 0.2) is 5.78 Å². The fourth-order valence-electron chi connectivity index (χ4n) is 1.89. The monoisotopic (exact) mass is 217 g/mol. The van der Waals surface area contributed by atoms with Crippen molar-refractivity contribution in [1.82, 2.24) is 0 Å². The number of benzene rings is 1. The van der Waals surface area contributed by atoms with Gasteiger partial charge in [-0.05, 0) is 37.8 Å². The van der Waals surface area contributed by atoms with Gasteiger partial charge in [0.2, 0.25) is 0 Å². The molecule has 0 aliphatic heterocycles. The molecule has 0 amide bonds. The highest BCUT2D eigenvalue weighted by Crippen LogP contribution is 2.19. The number of hydrogen-bond donors (Lipinski definition) is 1. The van der Waals surface area contributed by atoms with Gasteiger partial charge in [0.25, 0.3) is 0 Å². The first-order valence-corrected chi connectivity index (χ1v) is 5.76. The summed E-state index contributed by atoms with van der Waals surface area (Å²) in [5.74, 6) is 0.0919. The maximum atomic E-state index is 11.5. The van der Waals surface area contributed by atoms with Crippen LogP contribution in [-0.4, -0.2) is 11.5 Å². The second-order valence-corrected chi connectivity index (χ2v) is 4.12. The van der Waals surface area contributed by atoms with E-state index in [1.807, 2.05) is 18.2 Å². The third-order valence-corrected chi connectivity index (χ3v) is 2.74. The molecule has 0 bridgehead atoms. The van der Waals surface area contributed by atoms with Gasteiger partial charge in [0, 0.05) is 11.3 Å². The Morgan fingerprint density at radius 3 is 2.38 bits per heavy atom. The van der Waals surface area contributed by atoms with Gasteiger partial charge in [-0.15, -0.1) is 0 Å². The quantitative estimate of drug-likeness (QED) is 0.594. The molecule has 2 nitrogen and oxygen atoms in total. The average molecular weight is 217 g/mol. The molecule has 0 aliphatic rings. The lowest BCUT2D eigenvalue weighted by atomic mass is 9.92. The Morgan fingerprint density at radius 2 is 1.88 bits per heavy atom. The van der Waals surface area contributed by atoms with Crippen LogP contribution in [0.2, 0.25) is 0 Å². The van der Waals surface area contributed by atoms with E-state index in [1.54, 1.807) is 13.8 Å². The highest BCUT2D eigenvalue weighted by molar-refractivity contribution is 6.03. The third-order valence-electron chi connectivity index (χ3n) is 2.74. The van der Waals surface area contributed by atoms with Gasteiger partial charge in [-0.3, -0.25) is 4.79 Å². The van der Waals surface area contributed by atoms with Crippen molar-refractivity contribution in [2.75, 3.05) is 0 Å². The number of unbranched alkanes of at least 4 members (excludes halogenated alkanes) is 1. The van der Waals surface area contributed by atoms with Gasteiger partial charge in [-0.1, -0.05) is 31.5 Å². The Labute approximate surface area is 97.2 Å². The molecular weight excluding hydrogens is 198 g/mol. The summed E-state index contributed by atoms with van der Waals surface area (Å²) in [4.78, 5) is 11.5. The van der Waals surface area contributed by atoms with E-state index in [0.717, 1.165) is 36.0 Å². The first-order chi connectivity index (χ1) is 7.57. The van der Waals surface area contributed by atoms with E-state index in [0.29, 0.717) is 5.71 Å². The minimum absolute atomic E-state index is 0.0919. The molecule has 0 aromatic heterocycles. The van der Waals surface area contributed by atoms with Gasteiger partial charge in [0.05, 0.1) is 0 Å². The zero-order chi connectivity index (χ0) is 12.1. The fraction of sp³-hybridized carbons (Fsp3) is 0.429. The van der Waals surface area contributed by atoms with Crippen LogP contribution in [0.4, 0.5) is 0 Å². The molecule has 86 valence electrons. The van der Waals surface area contributed by atoms with Crippen LogP contribution in [0.5, 0.6) is 0 Å². The SMILES string of the molecule is CCCCc1c(C(C)=N)cccc1C(C)=O. The van der Waals surface area contributed by atoms with Gasteiger partial charge in [0.1, 0.15) is 0 Å². The third kappa shape index (κ3) is 2.78. The molecule has 1 aromatic carbocycles. The molecule has 1 aromatic rings. The maximum absolute atomic E-state index is 11.5. The van der Waals surface area contributed by atoms with Crippen LogP contribution in [0.1, 0.15) is 55.1 Å². The Balaban J connectivity index is 3.23. The van der Waals surface area contributed by atoms with Crippen molar-refractivity contribution < 1.29 is 4.79 Å². The van der Waals surface area contributed by atoms with Gasteiger partial charge >= 0.3 is 0 Å². The van der Waals surface area contributed by atoms with Crippen LogP contribution < -0.4 is 0 Å². The molecule has 0 radical (unpaired) electrons. The summed E-state index contributed by atoms with van der Waals surface area (Å²) in [6.45, 7) is 5.50. The van der Waals surface area contributed by atoms with Crippen molar-refractivity contribution in [3.05, 3.63) is 34.9 Å². The largest absolute Gasteiger partial charge is 0.305 e. The summed E-state index contributed by atoms with van der Waals surface area (Å²) in [7, 11) is 0. The van der Waals surface area contributed by atoms with Crippen LogP contribution in [0, 0.1) is 5.41 Å². The number of hydrogen-bond acceptors (Lipinski definition) is 2.